The lowest BCUT2D eigenvalue weighted by atomic mass is 10.1. The molecule has 2 aliphatic rings. The number of aliphatic imine (C=N–C) groups is 1. The summed E-state index contributed by atoms with van der Waals surface area (Å²) in [5.41, 5.74) is 1.76. The van der Waals surface area contributed by atoms with Crippen LogP contribution in [0.15, 0.2) is 63.5 Å². The van der Waals surface area contributed by atoms with Crippen molar-refractivity contribution in [2.75, 3.05) is 19.5 Å². The van der Waals surface area contributed by atoms with E-state index in [0.717, 1.165) is 34.4 Å². The number of amidine groups is 3. The molecule has 9 nitrogen and oxygen atoms in total. The van der Waals surface area contributed by atoms with Crippen LogP contribution in [0.4, 0.5) is 0 Å². The van der Waals surface area contributed by atoms with Crippen LogP contribution in [-0.2, 0) is 14.6 Å². The third kappa shape index (κ3) is 5.37. The lowest BCUT2D eigenvalue weighted by Crippen LogP contribution is -2.45. The van der Waals surface area contributed by atoms with Crippen LogP contribution in [0.2, 0.25) is 0 Å². The molecule has 0 saturated heterocycles. The van der Waals surface area contributed by atoms with E-state index in [0.29, 0.717) is 30.9 Å². The highest BCUT2D eigenvalue weighted by molar-refractivity contribution is 8.16. The summed E-state index contributed by atoms with van der Waals surface area (Å²) in [6.45, 7) is 3.03. The van der Waals surface area contributed by atoms with Crippen molar-refractivity contribution < 1.29 is 22.7 Å². The third-order valence-electron chi connectivity index (χ3n) is 4.83. The fourth-order valence-electron chi connectivity index (χ4n) is 3.21. The molecule has 0 atom stereocenters. The van der Waals surface area contributed by atoms with Crippen LogP contribution in [0.25, 0.3) is 6.08 Å². The first kappa shape index (κ1) is 23.7. The monoisotopic (exact) mass is 498 g/mol. The van der Waals surface area contributed by atoms with Crippen molar-refractivity contribution in [3.63, 3.8) is 0 Å². The predicted molar refractivity (Wildman–Crippen MR) is 133 cm³/mol. The van der Waals surface area contributed by atoms with E-state index in [1.54, 1.807) is 24.3 Å². The second kappa shape index (κ2) is 9.82. The van der Waals surface area contributed by atoms with Crippen LogP contribution in [0.3, 0.4) is 0 Å². The Kier molecular flexibility index (Phi) is 6.85. The van der Waals surface area contributed by atoms with Gasteiger partial charge in [-0.3, -0.25) is 10.2 Å². The van der Waals surface area contributed by atoms with E-state index in [2.05, 4.69) is 9.39 Å². The Bertz CT molecular complexity index is 1330. The minimum absolute atomic E-state index is 0.0236. The number of amides is 1. The summed E-state index contributed by atoms with van der Waals surface area (Å²) in [7, 11) is -3.69. The summed E-state index contributed by atoms with van der Waals surface area (Å²) in [5.74, 6) is 0.588. The Balaban J connectivity index is 1.35. The standard InChI is InChI=1S/C23H22N4O5S2/c1-15-5-3-6-18(13-15)32-12-4-11-31-17-9-7-16(8-10-17)14-19-20(24)27-22(25-21(19)28)33-26-23(27)34(2,29)30/h3,5-10,13-14,24H,4,11-12H2,1-2H3/b19-14-,24-20?. The fourth-order valence-corrected chi connectivity index (χ4v) is 5.05. The zero-order valence-corrected chi connectivity index (χ0v) is 20.1. The molecule has 2 aliphatic heterocycles. The molecule has 0 saturated carbocycles. The lowest BCUT2D eigenvalue weighted by Gasteiger charge is -2.23. The van der Waals surface area contributed by atoms with Crippen molar-refractivity contribution in [2.24, 2.45) is 9.39 Å². The number of carbonyl (C=O) groups is 1. The zero-order chi connectivity index (χ0) is 24.3. The number of fused-ring (bicyclic) bond motifs is 1. The minimum Gasteiger partial charge on any atom is -0.493 e. The molecule has 1 amide bonds. The molecular formula is C23H22N4O5S2. The molecule has 0 aromatic heterocycles. The molecule has 0 unspecified atom stereocenters. The van der Waals surface area contributed by atoms with Gasteiger partial charge in [-0.15, -0.1) is 0 Å². The van der Waals surface area contributed by atoms with Gasteiger partial charge in [-0.25, -0.2) is 13.3 Å². The van der Waals surface area contributed by atoms with Gasteiger partial charge in [0.25, 0.3) is 5.91 Å². The molecule has 2 heterocycles. The number of nitrogens with one attached hydrogen (secondary N) is 1. The molecule has 0 spiro atoms. The number of carbonyl (C=O) groups excluding carboxylic acids is 1. The highest BCUT2D eigenvalue weighted by atomic mass is 32.2. The van der Waals surface area contributed by atoms with E-state index in [1.165, 1.54) is 6.08 Å². The van der Waals surface area contributed by atoms with Gasteiger partial charge >= 0.3 is 0 Å². The van der Waals surface area contributed by atoms with Gasteiger partial charge in [0.15, 0.2) is 0 Å². The van der Waals surface area contributed by atoms with E-state index >= 15 is 0 Å². The first-order valence-corrected chi connectivity index (χ1v) is 13.0. The SMILES string of the molecule is Cc1cccc(OCCCOc2ccc(/C=C3/C(=N)N4C(=NC3=O)SN=C4S(C)(=O)=O)cc2)c1. The minimum atomic E-state index is -3.69. The Morgan fingerprint density at radius 1 is 1.09 bits per heavy atom. The molecule has 0 bridgehead atoms. The second-order valence-corrected chi connectivity index (χ2v) is 10.3. The van der Waals surface area contributed by atoms with Gasteiger partial charge in [0.05, 0.1) is 30.7 Å². The van der Waals surface area contributed by atoms with Crippen LogP contribution in [0.1, 0.15) is 17.5 Å². The van der Waals surface area contributed by atoms with Crippen molar-refractivity contribution in [3.05, 3.63) is 65.2 Å². The van der Waals surface area contributed by atoms with Crippen LogP contribution < -0.4 is 9.47 Å². The topological polar surface area (TPSA) is 121 Å². The van der Waals surface area contributed by atoms with Gasteiger partial charge in [-0.2, -0.15) is 9.39 Å². The number of benzene rings is 2. The number of aryl methyl sites for hydroxylation is 1. The Labute approximate surface area is 201 Å². The maximum absolute atomic E-state index is 12.4. The lowest BCUT2D eigenvalue weighted by molar-refractivity contribution is -0.114. The molecule has 11 heteroatoms. The molecule has 0 radical (unpaired) electrons. The maximum Gasteiger partial charge on any atom is 0.283 e. The highest BCUT2D eigenvalue weighted by Gasteiger charge is 2.41. The van der Waals surface area contributed by atoms with Crippen molar-refractivity contribution in [2.45, 2.75) is 13.3 Å². The average molecular weight is 499 g/mol. The van der Waals surface area contributed by atoms with E-state index in [1.807, 2.05) is 31.2 Å². The number of ether oxygens (including phenoxy) is 2. The van der Waals surface area contributed by atoms with Crippen molar-refractivity contribution in [1.82, 2.24) is 4.90 Å². The number of sulfone groups is 1. The largest absolute Gasteiger partial charge is 0.493 e. The zero-order valence-electron chi connectivity index (χ0n) is 18.5. The van der Waals surface area contributed by atoms with E-state index in [-0.39, 0.29) is 21.7 Å². The number of hydrogen-bond donors (Lipinski definition) is 1. The van der Waals surface area contributed by atoms with Crippen LogP contribution in [-0.4, -0.2) is 54.9 Å². The molecule has 1 N–H and O–H groups in total. The van der Waals surface area contributed by atoms with Gasteiger partial charge in [0.1, 0.15) is 17.3 Å². The summed E-state index contributed by atoms with van der Waals surface area (Å²) in [6, 6.07) is 14.9. The van der Waals surface area contributed by atoms with Crippen LogP contribution >= 0.6 is 11.9 Å². The molecule has 4 rings (SSSR count). The molecule has 2 aromatic rings. The maximum atomic E-state index is 12.4. The summed E-state index contributed by atoms with van der Waals surface area (Å²) in [4.78, 5) is 17.4. The van der Waals surface area contributed by atoms with E-state index in [9.17, 15) is 13.2 Å². The predicted octanol–water partition coefficient (Wildman–Crippen LogP) is 3.46. The first-order chi connectivity index (χ1) is 16.2. The summed E-state index contributed by atoms with van der Waals surface area (Å²) < 4.78 is 39.2. The quantitative estimate of drug-likeness (QED) is 0.352. The smallest absolute Gasteiger partial charge is 0.283 e. The second-order valence-electron chi connectivity index (χ2n) is 7.61. The fraction of sp³-hybridized carbons (Fsp3) is 0.217. The van der Waals surface area contributed by atoms with Gasteiger partial charge in [-0.05, 0) is 48.4 Å². The number of rotatable bonds is 7. The number of nitrogens with zero attached hydrogens (tertiary/aromatic N) is 3. The summed E-state index contributed by atoms with van der Waals surface area (Å²) in [5, 5.41) is 8.12. The Hall–Kier alpha value is -3.44. The molecule has 2 aromatic carbocycles. The molecule has 0 aliphatic carbocycles. The van der Waals surface area contributed by atoms with Crippen LogP contribution in [0, 0.1) is 12.3 Å². The molecule has 34 heavy (non-hydrogen) atoms. The summed E-state index contributed by atoms with van der Waals surface area (Å²) >= 11 is 0.760. The van der Waals surface area contributed by atoms with Crippen molar-refractivity contribution >= 4 is 49.9 Å². The van der Waals surface area contributed by atoms with Gasteiger partial charge in [-0.1, -0.05) is 24.3 Å². The first-order valence-electron chi connectivity index (χ1n) is 10.3. The van der Waals surface area contributed by atoms with Gasteiger partial charge < -0.3 is 9.47 Å². The summed E-state index contributed by atoms with van der Waals surface area (Å²) in [6.07, 6.45) is 3.20. The average Bonchev–Trinajstić information content (AvgIpc) is 3.22. The molecular weight excluding hydrogens is 476 g/mol. The van der Waals surface area contributed by atoms with Gasteiger partial charge in [0.2, 0.25) is 20.2 Å². The van der Waals surface area contributed by atoms with E-state index < -0.39 is 15.7 Å². The Morgan fingerprint density at radius 3 is 2.47 bits per heavy atom. The highest BCUT2D eigenvalue weighted by Crippen LogP contribution is 2.29. The molecule has 176 valence electrons. The third-order valence-corrected chi connectivity index (χ3v) is 6.59. The normalized spacial score (nSPS) is 16.9. The van der Waals surface area contributed by atoms with Gasteiger partial charge in [0, 0.05) is 12.7 Å². The van der Waals surface area contributed by atoms with Crippen molar-refractivity contribution in [3.8, 4) is 11.5 Å². The number of hydrogen-bond acceptors (Lipinski definition) is 8. The Morgan fingerprint density at radius 2 is 1.79 bits per heavy atom. The molecule has 0 fully saturated rings. The van der Waals surface area contributed by atoms with E-state index in [4.69, 9.17) is 14.9 Å². The van der Waals surface area contributed by atoms with Crippen molar-refractivity contribution in [1.29, 1.82) is 5.41 Å². The van der Waals surface area contributed by atoms with Crippen LogP contribution in [0.5, 0.6) is 11.5 Å².